The fourth-order valence-electron chi connectivity index (χ4n) is 5.78. The molecule has 1 aliphatic carbocycles. The maximum atomic E-state index is 11.7. The van der Waals surface area contributed by atoms with E-state index >= 15 is 0 Å². The molecule has 3 aromatic carbocycles. The van der Waals surface area contributed by atoms with E-state index in [2.05, 4.69) is 9.50 Å². The number of rotatable bonds is 14. The van der Waals surface area contributed by atoms with Crippen molar-refractivity contribution < 1.29 is 50.8 Å². The third-order valence-electron chi connectivity index (χ3n) is 8.20. The van der Waals surface area contributed by atoms with Gasteiger partial charge in [0.15, 0.2) is 0 Å². The van der Waals surface area contributed by atoms with Gasteiger partial charge in [-0.15, -0.1) is 0 Å². The molecule has 2 aliphatic rings. The van der Waals surface area contributed by atoms with E-state index in [0.29, 0.717) is 13.0 Å². The van der Waals surface area contributed by atoms with Gasteiger partial charge in [0, 0.05) is 18.8 Å². The summed E-state index contributed by atoms with van der Waals surface area (Å²) in [6.07, 6.45) is 0.864. The molecule has 1 amide bonds. The molecule has 49 heavy (non-hydrogen) atoms. The Morgan fingerprint density at radius 3 is 1.80 bits per heavy atom. The third-order valence-corrected chi connectivity index (χ3v) is 8.63. The van der Waals surface area contributed by atoms with Gasteiger partial charge < -0.3 is 38.7 Å². The second-order valence-corrected chi connectivity index (χ2v) is 13.0. The smallest absolute Gasteiger partial charge is 0.217 e. The van der Waals surface area contributed by atoms with E-state index in [1.807, 2.05) is 91.0 Å². The number of carbonyl (C=O) groups excluding carboxylic acids is 2. The van der Waals surface area contributed by atoms with Crippen LogP contribution < -0.4 is 10.4 Å². The van der Waals surface area contributed by atoms with Crippen molar-refractivity contribution in [2.24, 2.45) is 5.92 Å². The predicted octanol–water partition coefficient (Wildman–Crippen LogP) is 3.05. The van der Waals surface area contributed by atoms with Gasteiger partial charge in [-0.1, -0.05) is 97.4 Å². The maximum absolute atomic E-state index is 11.7. The Kier molecular flexibility index (Phi) is 15.2. The largest absolute Gasteiger partial charge is 0.726 e. The van der Waals surface area contributed by atoms with E-state index in [-0.39, 0.29) is 37.7 Å². The molecule has 3 aromatic rings. The van der Waals surface area contributed by atoms with Gasteiger partial charge >= 0.3 is 0 Å². The summed E-state index contributed by atoms with van der Waals surface area (Å²) in [5.41, 5.74) is 2.92. The van der Waals surface area contributed by atoms with Crippen molar-refractivity contribution in [3.05, 3.63) is 108 Å². The third kappa shape index (κ3) is 13.6. The van der Waals surface area contributed by atoms with Crippen molar-refractivity contribution in [2.75, 3.05) is 13.2 Å². The van der Waals surface area contributed by atoms with Crippen LogP contribution in [0.2, 0.25) is 0 Å². The van der Waals surface area contributed by atoms with E-state index in [9.17, 15) is 27.7 Å². The van der Waals surface area contributed by atoms with Crippen LogP contribution in [-0.2, 0) is 62.9 Å². The molecule has 1 saturated heterocycles. The number of carboxylic acids is 1. The van der Waals surface area contributed by atoms with Crippen LogP contribution in [0.3, 0.4) is 0 Å². The average Bonchev–Trinajstić information content (AvgIpc) is 3.10. The predicted molar refractivity (Wildman–Crippen MR) is 175 cm³/mol. The van der Waals surface area contributed by atoms with Crippen LogP contribution in [-0.4, -0.2) is 68.5 Å². The van der Waals surface area contributed by atoms with Crippen molar-refractivity contribution in [1.82, 2.24) is 5.32 Å². The fourth-order valence-corrected chi connectivity index (χ4v) is 6.08. The number of carboxylic acid groups (broad SMARTS) is 1. The molecule has 0 radical (unpaired) electrons. The Bertz CT molecular complexity index is 1530. The van der Waals surface area contributed by atoms with Crippen LogP contribution in [0.25, 0.3) is 0 Å². The number of hydrogen-bond acceptors (Lipinski definition) is 11. The quantitative estimate of drug-likeness (QED) is 0.194. The van der Waals surface area contributed by atoms with Crippen LogP contribution in [0.4, 0.5) is 0 Å². The summed E-state index contributed by atoms with van der Waals surface area (Å²) in [5, 5.41) is 13.6. The zero-order chi connectivity index (χ0) is 35.1. The molecule has 6 atom stereocenters. The summed E-state index contributed by atoms with van der Waals surface area (Å²) in [5.74, 6) is -1.53. The molecule has 2 fully saturated rings. The molecule has 1 heterocycles. The van der Waals surface area contributed by atoms with E-state index in [1.54, 1.807) is 0 Å². The number of nitrogens with one attached hydrogen (secondary N) is 1. The Balaban J connectivity index is 0.000000266. The zero-order valence-corrected chi connectivity index (χ0v) is 28.2. The highest BCUT2D eigenvalue weighted by molar-refractivity contribution is 7.80. The summed E-state index contributed by atoms with van der Waals surface area (Å²) in [6, 6.07) is 28.2. The van der Waals surface area contributed by atoms with Crippen molar-refractivity contribution >= 4 is 22.3 Å². The minimum atomic E-state index is -4.92. The molecule has 12 nitrogen and oxygen atoms in total. The molecule has 13 heteroatoms. The summed E-state index contributed by atoms with van der Waals surface area (Å²) in [4.78, 5) is 22.6. The SMILES string of the molecule is CC(=O)NC1COC(COS(=O)(=O)[O-])[C@H](OCc2ccccc2)[C@H]1OCc1ccccc1.O=C([O-])C1CCC[C@H](OCc2ccccc2)C1. The lowest BCUT2D eigenvalue weighted by atomic mass is 9.87. The molecule has 0 aromatic heterocycles. The van der Waals surface area contributed by atoms with Gasteiger partial charge in [-0.05, 0) is 36.0 Å². The first-order chi connectivity index (χ1) is 23.6. The van der Waals surface area contributed by atoms with Gasteiger partial charge in [0.2, 0.25) is 16.3 Å². The van der Waals surface area contributed by atoms with Crippen molar-refractivity contribution in [3.8, 4) is 0 Å². The van der Waals surface area contributed by atoms with Gasteiger partial charge in [0.05, 0.1) is 45.2 Å². The van der Waals surface area contributed by atoms with Gasteiger partial charge in [0.1, 0.15) is 18.3 Å². The molecule has 1 saturated carbocycles. The van der Waals surface area contributed by atoms with Crippen molar-refractivity contribution in [2.45, 2.75) is 82.9 Å². The van der Waals surface area contributed by atoms with Crippen molar-refractivity contribution in [3.63, 3.8) is 0 Å². The van der Waals surface area contributed by atoms with Crippen LogP contribution in [0.1, 0.15) is 49.3 Å². The summed E-state index contributed by atoms with van der Waals surface area (Å²) in [6.45, 7) is 1.88. The first-order valence-corrected chi connectivity index (χ1v) is 17.6. The highest BCUT2D eigenvalue weighted by Crippen LogP contribution is 2.27. The van der Waals surface area contributed by atoms with Crippen LogP contribution in [0.15, 0.2) is 91.0 Å². The number of hydrogen-bond donors (Lipinski definition) is 1. The van der Waals surface area contributed by atoms with Crippen LogP contribution in [0, 0.1) is 5.92 Å². The molecule has 1 N–H and O–H groups in total. The average molecular weight is 698 g/mol. The van der Waals surface area contributed by atoms with Crippen LogP contribution >= 0.6 is 0 Å². The van der Waals surface area contributed by atoms with Gasteiger partial charge in [-0.25, -0.2) is 8.42 Å². The maximum Gasteiger partial charge on any atom is 0.217 e. The first-order valence-electron chi connectivity index (χ1n) is 16.2. The summed E-state index contributed by atoms with van der Waals surface area (Å²) < 4.78 is 61.2. The lowest BCUT2D eigenvalue weighted by molar-refractivity contribution is -0.313. The monoisotopic (exact) mass is 697 g/mol. The number of carbonyl (C=O) groups is 2. The first kappa shape index (κ1) is 38.1. The lowest BCUT2D eigenvalue weighted by Gasteiger charge is -2.42. The van der Waals surface area contributed by atoms with Gasteiger partial charge in [-0.3, -0.25) is 8.98 Å². The Hall–Kier alpha value is -3.69. The topological polar surface area (TPSA) is 173 Å². The van der Waals surface area contributed by atoms with E-state index in [1.165, 1.54) is 6.92 Å². The molecule has 5 rings (SSSR count). The number of benzene rings is 3. The number of aliphatic carboxylic acids is 1. The second-order valence-electron chi connectivity index (χ2n) is 12.0. The van der Waals surface area contributed by atoms with E-state index in [4.69, 9.17) is 18.9 Å². The molecular formula is C36H43NO11S-2. The lowest BCUT2D eigenvalue weighted by Crippen LogP contribution is -2.61. The Morgan fingerprint density at radius 1 is 0.796 bits per heavy atom. The highest BCUT2D eigenvalue weighted by atomic mass is 32.3. The number of amides is 1. The van der Waals surface area contributed by atoms with E-state index in [0.717, 1.165) is 36.0 Å². The Labute approximate surface area is 287 Å². The van der Waals surface area contributed by atoms with E-state index < -0.39 is 47.3 Å². The minimum absolute atomic E-state index is 0.0389. The summed E-state index contributed by atoms with van der Waals surface area (Å²) in [7, 11) is -4.92. The standard InChI is InChI=1S/C22H27NO8S.C14H18O3/c1-16(24)23-19-14-28-20(15-31-32(25,26)27)22(30-13-18-10-6-3-7-11-18)21(19)29-12-17-8-4-2-5-9-17;15-14(16)12-7-4-8-13(9-12)17-10-11-5-2-1-3-6-11/h2-11,19-22H,12-15H2,1H3,(H,23,24)(H,25,26,27);1-3,5-6,12-13H,4,7-10H2,(H,15,16)/p-2/t19?,20?,21-,22-;12?,13-/m00/s1. The highest BCUT2D eigenvalue weighted by Gasteiger charge is 2.43. The minimum Gasteiger partial charge on any atom is -0.726 e. The molecule has 3 unspecified atom stereocenters. The van der Waals surface area contributed by atoms with Crippen LogP contribution in [0.5, 0.6) is 0 Å². The number of ether oxygens (including phenoxy) is 4. The Morgan fingerprint density at radius 2 is 1.31 bits per heavy atom. The van der Waals surface area contributed by atoms with Gasteiger partial charge in [-0.2, -0.15) is 0 Å². The molecular weight excluding hydrogens is 654 g/mol. The second kappa shape index (κ2) is 19.5. The normalized spacial score (nSPS) is 23.9. The van der Waals surface area contributed by atoms with Crippen molar-refractivity contribution in [1.29, 1.82) is 0 Å². The van der Waals surface area contributed by atoms with Gasteiger partial charge in [0.25, 0.3) is 0 Å². The molecule has 266 valence electrons. The summed E-state index contributed by atoms with van der Waals surface area (Å²) >= 11 is 0. The molecule has 0 spiro atoms. The molecule has 1 aliphatic heterocycles. The zero-order valence-electron chi connectivity index (χ0n) is 27.4. The molecule has 0 bridgehead atoms. The fraction of sp³-hybridized carbons (Fsp3) is 0.444.